The maximum atomic E-state index is 9.46. The molecule has 1 aliphatic heterocycles. The van der Waals surface area contributed by atoms with Crippen LogP contribution >= 0.6 is 0 Å². The number of anilines is 1. The Morgan fingerprint density at radius 2 is 2.55 bits per heavy atom. The Kier molecular flexibility index (Phi) is 1.51. The van der Waals surface area contributed by atoms with Crippen LogP contribution in [0.25, 0.3) is 0 Å². The zero-order valence-electron chi connectivity index (χ0n) is 6.12. The van der Waals surface area contributed by atoms with E-state index in [9.17, 15) is 5.11 Å². The Hall–Kier alpha value is -1.09. The molecule has 2 rings (SSSR count). The summed E-state index contributed by atoms with van der Waals surface area (Å²) in [5.41, 5.74) is 1.74. The lowest BCUT2D eigenvalue weighted by Crippen LogP contribution is -2.17. The monoisotopic (exact) mass is 150 g/mol. The number of hydrogen-bond donors (Lipinski definition) is 2. The number of aliphatic hydroxyl groups excluding tert-OH is 1. The highest BCUT2D eigenvalue weighted by molar-refractivity contribution is 5.50. The number of nitrogens with one attached hydrogen (secondary N) is 1. The Balaban J connectivity index is 2.44. The number of aliphatic hydroxyl groups is 1. The summed E-state index contributed by atoms with van der Waals surface area (Å²) in [6.45, 7) is 0.833. The van der Waals surface area contributed by atoms with Crippen molar-refractivity contribution in [1.29, 1.82) is 0 Å². The minimum absolute atomic E-state index is 0.382. The topological polar surface area (TPSA) is 45.1 Å². The summed E-state index contributed by atoms with van der Waals surface area (Å²) in [7, 11) is 0. The molecule has 1 unspecified atom stereocenters. The van der Waals surface area contributed by atoms with Crippen molar-refractivity contribution < 1.29 is 5.11 Å². The molecular formula is C8H10N2O. The number of hydrogen-bond acceptors (Lipinski definition) is 3. The van der Waals surface area contributed by atoms with Gasteiger partial charge in [-0.3, -0.25) is 4.98 Å². The Labute approximate surface area is 65.1 Å². The van der Waals surface area contributed by atoms with Gasteiger partial charge >= 0.3 is 0 Å². The van der Waals surface area contributed by atoms with Crippen molar-refractivity contribution in [3.8, 4) is 0 Å². The molecule has 58 valence electrons. The van der Waals surface area contributed by atoms with Crippen LogP contribution in [0.3, 0.4) is 0 Å². The summed E-state index contributed by atoms with van der Waals surface area (Å²) in [5.74, 6) is 0. The molecule has 11 heavy (non-hydrogen) atoms. The SMILES string of the molecule is OC1CCNc2cccnc21. The maximum Gasteiger partial charge on any atom is 0.0997 e. The Bertz CT molecular complexity index is 262. The largest absolute Gasteiger partial charge is 0.387 e. The molecule has 2 N–H and O–H groups in total. The molecule has 1 aromatic heterocycles. The van der Waals surface area contributed by atoms with Gasteiger partial charge in [-0.2, -0.15) is 0 Å². The quantitative estimate of drug-likeness (QED) is 0.578. The van der Waals surface area contributed by atoms with E-state index in [-0.39, 0.29) is 6.10 Å². The summed E-state index contributed by atoms with van der Waals surface area (Å²) >= 11 is 0. The first-order valence-electron chi connectivity index (χ1n) is 3.75. The summed E-state index contributed by atoms with van der Waals surface area (Å²) < 4.78 is 0. The minimum atomic E-state index is -0.382. The zero-order valence-corrected chi connectivity index (χ0v) is 6.12. The Morgan fingerprint density at radius 3 is 3.36 bits per heavy atom. The van der Waals surface area contributed by atoms with Crippen LogP contribution in [0.4, 0.5) is 5.69 Å². The van der Waals surface area contributed by atoms with Crippen molar-refractivity contribution in [3.63, 3.8) is 0 Å². The fourth-order valence-electron chi connectivity index (χ4n) is 1.31. The second kappa shape index (κ2) is 2.51. The predicted molar refractivity (Wildman–Crippen MR) is 42.3 cm³/mol. The summed E-state index contributed by atoms with van der Waals surface area (Å²) in [6.07, 6.45) is 2.08. The number of rotatable bonds is 0. The molecule has 3 heteroatoms. The van der Waals surface area contributed by atoms with Gasteiger partial charge < -0.3 is 10.4 Å². The number of pyridine rings is 1. The molecule has 0 aromatic carbocycles. The molecule has 1 aromatic rings. The zero-order chi connectivity index (χ0) is 7.68. The maximum absolute atomic E-state index is 9.46. The smallest absolute Gasteiger partial charge is 0.0997 e. The van der Waals surface area contributed by atoms with Gasteiger partial charge in [0.1, 0.15) is 0 Å². The first kappa shape index (κ1) is 6.61. The van der Waals surface area contributed by atoms with Crippen LogP contribution in [-0.4, -0.2) is 16.6 Å². The van der Waals surface area contributed by atoms with E-state index in [4.69, 9.17) is 0 Å². The minimum Gasteiger partial charge on any atom is -0.387 e. The van der Waals surface area contributed by atoms with E-state index < -0.39 is 0 Å². The molecule has 0 fully saturated rings. The van der Waals surface area contributed by atoms with Crippen LogP contribution < -0.4 is 5.32 Å². The van der Waals surface area contributed by atoms with Crippen LogP contribution in [0.1, 0.15) is 18.2 Å². The molecule has 1 atom stereocenters. The second-order valence-corrected chi connectivity index (χ2v) is 2.67. The van der Waals surface area contributed by atoms with Crippen LogP contribution in [-0.2, 0) is 0 Å². The van der Waals surface area contributed by atoms with Gasteiger partial charge in [-0.25, -0.2) is 0 Å². The molecule has 2 heterocycles. The fourth-order valence-corrected chi connectivity index (χ4v) is 1.31. The normalized spacial score (nSPS) is 22.1. The number of fused-ring (bicyclic) bond motifs is 1. The first-order chi connectivity index (χ1) is 5.38. The van der Waals surface area contributed by atoms with E-state index in [1.807, 2.05) is 12.1 Å². The average Bonchev–Trinajstić information content (AvgIpc) is 2.06. The van der Waals surface area contributed by atoms with Crippen molar-refractivity contribution in [2.45, 2.75) is 12.5 Å². The molecule has 0 bridgehead atoms. The lowest BCUT2D eigenvalue weighted by Gasteiger charge is -2.20. The molecule has 3 nitrogen and oxygen atoms in total. The van der Waals surface area contributed by atoms with Crippen molar-refractivity contribution in [2.24, 2.45) is 0 Å². The van der Waals surface area contributed by atoms with Gasteiger partial charge in [0, 0.05) is 12.7 Å². The molecule has 0 aliphatic carbocycles. The third-order valence-electron chi connectivity index (χ3n) is 1.89. The highest BCUT2D eigenvalue weighted by atomic mass is 16.3. The second-order valence-electron chi connectivity index (χ2n) is 2.67. The van der Waals surface area contributed by atoms with Gasteiger partial charge in [-0.05, 0) is 18.6 Å². The molecule has 0 saturated heterocycles. The van der Waals surface area contributed by atoms with Gasteiger partial charge in [0.15, 0.2) is 0 Å². The van der Waals surface area contributed by atoms with Gasteiger partial charge in [0.05, 0.1) is 17.5 Å². The molecular weight excluding hydrogens is 140 g/mol. The predicted octanol–water partition coefficient (Wildman–Crippen LogP) is 0.931. The van der Waals surface area contributed by atoms with E-state index in [1.165, 1.54) is 0 Å². The molecule has 0 saturated carbocycles. The first-order valence-corrected chi connectivity index (χ1v) is 3.75. The lowest BCUT2D eigenvalue weighted by molar-refractivity contribution is 0.163. The fraction of sp³-hybridized carbons (Fsp3) is 0.375. The molecule has 1 aliphatic rings. The average molecular weight is 150 g/mol. The highest BCUT2D eigenvalue weighted by Gasteiger charge is 2.17. The third-order valence-corrected chi connectivity index (χ3v) is 1.89. The van der Waals surface area contributed by atoms with Gasteiger partial charge in [-0.1, -0.05) is 0 Å². The van der Waals surface area contributed by atoms with Crippen molar-refractivity contribution >= 4 is 5.69 Å². The summed E-state index contributed by atoms with van der Waals surface area (Å²) in [4.78, 5) is 4.09. The van der Waals surface area contributed by atoms with Crippen LogP contribution in [0, 0.1) is 0 Å². The van der Waals surface area contributed by atoms with Gasteiger partial charge in [0.2, 0.25) is 0 Å². The van der Waals surface area contributed by atoms with Crippen LogP contribution in [0.15, 0.2) is 18.3 Å². The lowest BCUT2D eigenvalue weighted by atomic mass is 10.1. The number of aromatic nitrogens is 1. The Morgan fingerprint density at radius 1 is 1.64 bits per heavy atom. The van der Waals surface area contributed by atoms with E-state index in [1.54, 1.807) is 6.20 Å². The highest BCUT2D eigenvalue weighted by Crippen LogP contribution is 2.26. The van der Waals surface area contributed by atoms with E-state index in [0.29, 0.717) is 0 Å². The van der Waals surface area contributed by atoms with E-state index in [2.05, 4.69) is 10.3 Å². The van der Waals surface area contributed by atoms with Gasteiger partial charge in [0.25, 0.3) is 0 Å². The third kappa shape index (κ3) is 1.07. The van der Waals surface area contributed by atoms with E-state index in [0.717, 1.165) is 24.3 Å². The number of nitrogens with zero attached hydrogens (tertiary/aromatic N) is 1. The van der Waals surface area contributed by atoms with Crippen LogP contribution in [0.5, 0.6) is 0 Å². The summed E-state index contributed by atoms with van der Waals surface area (Å²) in [6, 6.07) is 3.80. The van der Waals surface area contributed by atoms with Crippen molar-refractivity contribution in [3.05, 3.63) is 24.0 Å². The van der Waals surface area contributed by atoms with Crippen LogP contribution in [0.2, 0.25) is 0 Å². The molecule has 0 radical (unpaired) electrons. The van der Waals surface area contributed by atoms with Crippen molar-refractivity contribution in [2.75, 3.05) is 11.9 Å². The van der Waals surface area contributed by atoms with Crippen molar-refractivity contribution in [1.82, 2.24) is 4.98 Å². The molecule has 0 amide bonds. The van der Waals surface area contributed by atoms with E-state index >= 15 is 0 Å². The standard InChI is InChI=1S/C8H10N2O/c11-7-3-5-9-6-2-1-4-10-8(6)7/h1-2,4,7,9,11H,3,5H2. The molecule has 0 spiro atoms. The van der Waals surface area contributed by atoms with Gasteiger partial charge in [-0.15, -0.1) is 0 Å². The summed E-state index contributed by atoms with van der Waals surface area (Å²) in [5, 5.41) is 12.6.